The van der Waals surface area contributed by atoms with Crippen molar-refractivity contribution in [2.24, 2.45) is 11.3 Å². The topological polar surface area (TPSA) is 0 Å². The fourth-order valence-corrected chi connectivity index (χ4v) is 1.24. The van der Waals surface area contributed by atoms with Crippen LogP contribution in [0.1, 0.15) is 20.3 Å². The first kappa shape index (κ1) is 9.15. The Morgan fingerprint density at radius 3 is 2.36 bits per heavy atom. The lowest BCUT2D eigenvalue weighted by Gasteiger charge is -1.94. The largest absolute Gasteiger partial charge is 0.106 e. The summed E-state index contributed by atoms with van der Waals surface area (Å²) in [6.07, 6.45) is 7.06. The first-order valence-corrected chi connectivity index (χ1v) is 4.47. The maximum absolute atomic E-state index is 5.43. The van der Waals surface area contributed by atoms with Gasteiger partial charge in [-0.3, -0.25) is 0 Å². The molecule has 1 aliphatic carbocycles. The molecule has 1 saturated carbocycles. The van der Waals surface area contributed by atoms with E-state index in [0.29, 0.717) is 15.8 Å². The summed E-state index contributed by atoms with van der Waals surface area (Å²) < 4.78 is 0.319. The predicted molar refractivity (Wildman–Crippen MR) is 50.8 cm³/mol. The van der Waals surface area contributed by atoms with E-state index in [4.69, 9.17) is 23.2 Å². The molecule has 0 radical (unpaired) electrons. The molecule has 2 heteroatoms. The molecule has 62 valence electrons. The van der Waals surface area contributed by atoms with Crippen molar-refractivity contribution in [2.75, 3.05) is 0 Å². The molecule has 0 bridgehead atoms. The van der Waals surface area contributed by atoms with Gasteiger partial charge in [-0.15, -0.1) is 0 Å². The number of halogens is 2. The van der Waals surface area contributed by atoms with E-state index >= 15 is 0 Å². The molecule has 0 spiro atoms. The van der Waals surface area contributed by atoms with Gasteiger partial charge in [-0.1, -0.05) is 49.2 Å². The lowest BCUT2D eigenvalue weighted by Crippen LogP contribution is -1.84. The van der Waals surface area contributed by atoms with E-state index in [9.17, 15) is 0 Å². The molecule has 0 aromatic rings. The SMILES string of the molecule is CC1(C)CC1C=CC=C(Cl)Cl. The van der Waals surface area contributed by atoms with Crippen molar-refractivity contribution in [2.45, 2.75) is 20.3 Å². The lowest BCUT2D eigenvalue weighted by atomic mass is 10.1. The summed E-state index contributed by atoms with van der Waals surface area (Å²) >= 11 is 10.9. The Kier molecular flexibility index (Phi) is 2.66. The van der Waals surface area contributed by atoms with Crippen molar-refractivity contribution in [3.63, 3.8) is 0 Å². The van der Waals surface area contributed by atoms with Crippen molar-refractivity contribution in [1.29, 1.82) is 0 Å². The molecule has 0 aromatic carbocycles. The molecule has 1 atom stereocenters. The van der Waals surface area contributed by atoms with Gasteiger partial charge in [-0.05, 0) is 23.8 Å². The monoisotopic (exact) mass is 190 g/mol. The first-order valence-electron chi connectivity index (χ1n) is 3.72. The van der Waals surface area contributed by atoms with E-state index in [1.54, 1.807) is 6.08 Å². The molecule has 0 nitrogen and oxygen atoms in total. The van der Waals surface area contributed by atoms with Crippen LogP contribution in [0.4, 0.5) is 0 Å². The smallest absolute Gasteiger partial charge is 0.0808 e. The van der Waals surface area contributed by atoms with Crippen LogP contribution in [-0.4, -0.2) is 0 Å². The number of hydrogen-bond donors (Lipinski definition) is 0. The third-order valence-electron chi connectivity index (χ3n) is 2.16. The predicted octanol–water partition coefficient (Wildman–Crippen LogP) is 3.91. The minimum atomic E-state index is 0.319. The van der Waals surface area contributed by atoms with Crippen LogP contribution in [0.3, 0.4) is 0 Å². The van der Waals surface area contributed by atoms with Gasteiger partial charge in [0.25, 0.3) is 0 Å². The van der Waals surface area contributed by atoms with Crippen LogP contribution in [0, 0.1) is 11.3 Å². The highest BCUT2D eigenvalue weighted by atomic mass is 35.5. The van der Waals surface area contributed by atoms with E-state index in [1.807, 2.05) is 6.08 Å². The van der Waals surface area contributed by atoms with Crippen LogP contribution in [0.2, 0.25) is 0 Å². The molecule has 1 rings (SSSR count). The van der Waals surface area contributed by atoms with Gasteiger partial charge in [-0.2, -0.15) is 0 Å². The fraction of sp³-hybridized carbons (Fsp3) is 0.556. The Morgan fingerprint density at radius 2 is 2.00 bits per heavy atom. The summed E-state index contributed by atoms with van der Waals surface area (Å²) in [6.45, 7) is 4.52. The molecule has 0 aromatic heterocycles. The minimum Gasteiger partial charge on any atom is -0.0808 e. The molecular formula is C9H12Cl2. The van der Waals surface area contributed by atoms with Crippen molar-refractivity contribution in [3.8, 4) is 0 Å². The van der Waals surface area contributed by atoms with Crippen molar-refractivity contribution < 1.29 is 0 Å². The Labute approximate surface area is 77.9 Å². The van der Waals surface area contributed by atoms with E-state index in [2.05, 4.69) is 19.9 Å². The Hall–Kier alpha value is 0.0600. The standard InChI is InChI=1S/C9H12Cl2/c1-9(2)6-7(9)4-3-5-8(10)11/h3-5,7H,6H2,1-2H3. The van der Waals surface area contributed by atoms with Crippen LogP contribution in [0.5, 0.6) is 0 Å². The van der Waals surface area contributed by atoms with Gasteiger partial charge in [0.15, 0.2) is 0 Å². The fourth-order valence-electron chi connectivity index (χ4n) is 1.10. The zero-order valence-electron chi connectivity index (χ0n) is 6.77. The average Bonchev–Trinajstić information content (AvgIpc) is 2.39. The second-order valence-corrected chi connectivity index (χ2v) is 4.65. The van der Waals surface area contributed by atoms with Gasteiger partial charge in [0.1, 0.15) is 4.49 Å². The average molecular weight is 191 g/mol. The Bertz CT molecular complexity index is 198. The molecular weight excluding hydrogens is 179 g/mol. The van der Waals surface area contributed by atoms with Crippen molar-refractivity contribution in [1.82, 2.24) is 0 Å². The number of rotatable bonds is 2. The molecule has 11 heavy (non-hydrogen) atoms. The van der Waals surface area contributed by atoms with Gasteiger partial charge in [0.2, 0.25) is 0 Å². The van der Waals surface area contributed by atoms with Gasteiger partial charge < -0.3 is 0 Å². The summed E-state index contributed by atoms with van der Waals surface area (Å²) in [5.74, 6) is 0.714. The van der Waals surface area contributed by atoms with Crippen LogP contribution < -0.4 is 0 Å². The molecule has 0 N–H and O–H groups in total. The lowest BCUT2D eigenvalue weighted by molar-refractivity contribution is 0.610. The van der Waals surface area contributed by atoms with Crippen molar-refractivity contribution >= 4 is 23.2 Å². The second-order valence-electron chi connectivity index (χ2n) is 3.64. The molecule has 1 aliphatic rings. The van der Waals surface area contributed by atoms with Gasteiger partial charge in [0, 0.05) is 0 Å². The number of hydrogen-bond acceptors (Lipinski definition) is 0. The van der Waals surface area contributed by atoms with Crippen LogP contribution in [0.25, 0.3) is 0 Å². The highest BCUT2D eigenvalue weighted by Gasteiger charge is 2.43. The molecule has 0 amide bonds. The normalized spacial score (nSPS) is 27.1. The van der Waals surface area contributed by atoms with E-state index in [1.165, 1.54) is 6.42 Å². The minimum absolute atomic E-state index is 0.319. The maximum Gasteiger partial charge on any atom is 0.106 e. The highest BCUT2D eigenvalue weighted by Crippen LogP contribution is 2.52. The van der Waals surface area contributed by atoms with Gasteiger partial charge in [0.05, 0.1) is 0 Å². The zero-order valence-corrected chi connectivity index (χ0v) is 8.28. The Morgan fingerprint density at radius 1 is 1.45 bits per heavy atom. The second kappa shape index (κ2) is 3.20. The summed E-state index contributed by atoms with van der Waals surface area (Å²) in [6, 6.07) is 0. The third kappa shape index (κ3) is 2.88. The van der Waals surface area contributed by atoms with E-state index in [0.717, 1.165) is 0 Å². The molecule has 1 fully saturated rings. The summed E-state index contributed by atoms with van der Waals surface area (Å²) in [5.41, 5.74) is 0.503. The number of allylic oxidation sites excluding steroid dienone is 3. The van der Waals surface area contributed by atoms with E-state index in [-0.39, 0.29) is 0 Å². The highest BCUT2D eigenvalue weighted by molar-refractivity contribution is 6.55. The third-order valence-corrected chi connectivity index (χ3v) is 2.41. The quantitative estimate of drug-likeness (QED) is 0.580. The van der Waals surface area contributed by atoms with Gasteiger partial charge >= 0.3 is 0 Å². The molecule has 0 heterocycles. The van der Waals surface area contributed by atoms with Crippen LogP contribution >= 0.6 is 23.2 Å². The van der Waals surface area contributed by atoms with Gasteiger partial charge in [-0.25, -0.2) is 0 Å². The summed E-state index contributed by atoms with van der Waals surface area (Å²) in [4.78, 5) is 0. The molecule has 0 aliphatic heterocycles. The summed E-state index contributed by atoms with van der Waals surface area (Å²) in [7, 11) is 0. The van der Waals surface area contributed by atoms with Crippen LogP contribution in [-0.2, 0) is 0 Å². The van der Waals surface area contributed by atoms with Crippen LogP contribution in [0.15, 0.2) is 22.7 Å². The van der Waals surface area contributed by atoms with E-state index < -0.39 is 0 Å². The first-order chi connectivity index (χ1) is 5.02. The molecule has 0 saturated heterocycles. The zero-order chi connectivity index (χ0) is 8.48. The maximum atomic E-state index is 5.43. The molecule has 1 unspecified atom stereocenters. The van der Waals surface area contributed by atoms with Crippen molar-refractivity contribution in [3.05, 3.63) is 22.7 Å². The summed E-state index contributed by atoms with van der Waals surface area (Å²) in [5, 5.41) is 0. The Balaban J connectivity index is 2.34.